The smallest absolute Gasteiger partial charge is 0.326 e. The van der Waals surface area contributed by atoms with Gasteiger partial charge >= 0.3 is 6.03 Å². The van der Waals surface area contributed by atoms with E-state index in [0.29, 0.717) is 27.0 Å². The number of thiazole rings is 1. The number of hydrogen-bond acceptors (Lipinski definition) is 8. The van der Waals surface area contributed by atoms with Crippen LogP contribution in [0.4, 0.5) is 47.1 Å². The lowest BCUT2D eigenvalue weighted by Crippen LogP contribution is -2.56. The number of aromatic nitrogens is 3. The van der Waals surface area contributed by atoms with Crippen LogP contribution in [0.15, 0.2) is 59.3 Å². The Morgan fingerprint density at radius 1 is 0.957 bits per heavy atom. The molecule has 0 bridgehead atoms. The summed E-state index contributed by atoms with van der Waals surface area (Å²) >= 11 is 1.36. The second-order valence-corrected chi connectivity index (χ2v) is 11.6. The summed E-state index contributed by atoms with van der Waals surface area (Å²) in [7, 11) is 0. The van der Waals surface area contributed by atoms with Gasteiger partial charge in [0.25, 0.3) is 0 Å². The minimum atomic E-state index is -2.60. The molecule has 1 saturated heterocycles. The van der Waals surface area contributed by atoms with Crippen molar-refractivity contribution in [1.82, 2.24) is 19.4 Å². The van der Waals surface area contributed by atoms with Crippen LogP contribution in [0.25, 0.3) is 26.4 Å². The van der Waals surface area contributed by atoms with Crippen molar-refractivity contribution in [2.24, 2.45) is 0 Å². The standard InChI is InChI=1S/C29H25F7N6O4S/c30-12-29(13-31,14-32)21-10-22(46-40-21)39-27(43)37-16-3-1-15(2-4-16)18-11-42-19-6-5-17(9-20(19)47-28(42)38-18)44-8-7-41-23(33)25(35)45-26(36)24(41)34/h1-6,9-11,23-26H,7-8,12-14H2,(H2,37,39,43). The second-order valence-electron chi connectivity index (χ2n) is 10.6. The lowest BCUT2D eigenvalue weighted by Gasteiger charge is -2.36. The van der Waals surface area contributed by atoms with Crippen LogP contribution in [0.5, 0.6) is 5.75 Å². The molecule has 2 aromatic carbocycles. The number of nitrogens with zero attached hydrogens (tertiary/aromatic N) is 4. The largest absolute Gasteiger partial charge is 0.492 e. The zero-order chi connectivity index (χ0) is 33.3. The molecule has 250 valence electrons. The Labute approximate surface area is 265 Å². The van der Waals surface area contributed by atoms with Crippen molar-refractivity contribution in [2.75, 3.05) is 43.8 Å². The number of amides is 2. The molecule has 5 aromatic rings. The highest BCUT2D eigenvalue weighted by atomic mass is 32.1. The van der Waals surface area contributed by atoms with E-state index in [1.807, 2.05) is 10.6 Å². The third-order valence-corrected chi connectivity index (χ3v) is 8.52. The summed E-state index contributed by atoms with van der Waals surface area (Å²) in [5, 5.41) is 8.39. The molecule has 2 N–H and O–H groups in total. The van der Waals surface area contributed by atoms with Gasteiger partial charge < -0.3 is 19.3 Å². The maximum atomic E-state index is 13.9. The summed E-state index contributed by atoms with van der Waals surface area (Å²) in [6.45, 7) is -4.62. The van der Waals surface area contributed by atoms with Gasteiger partial charge in [-0.2, -0.15) is 0 Å². The van der Waals surface area contributed by atoms with Gasteiger partial charge in [-0.05, 0) is 30.3 Å². The van der Waals surface area contributed by atoms with Crippen molar-refractivity contribution in [1.29, 1.82) is 0 Å². The van der Waals surface area contributed by atoms with E-state index in [2.05, 4.69) is 25.5 Å². The van der Waals surface area contributed by atoms with Crippen LogP contribution >= 0.6 is 11.3 Å². The number of carbonyl (C=O) groups excluding carboxylic acids is 1. The summed E-state index contributed by atoms with van der Waals surface area (Å²) < 4.78 is 112. The molecule has 1 fully saturated rings. The number of hydrogen-bond donors (Lipinski definition) is 2. The van der Waals surface area contributed by atoms with Gasteiger partial charge in [0, 0.05) is 30.1 Å². The first kappa shape index (κ1) is 32.5. The third-order valence-electron chi connectivity index (χ3n) is 7.51. The van der Waals surface area contributed by atoms with E-state index >= 15 is 0 Å². The molecule has 0 spiro atoms. The Bertz CT molecular complexity index is 1830. The van der Waals surface area contributed by atoms with Crippen LogP contribution in [0.2, 0.25) is 0 Å². The third kappa shape index (κ3) is 6.44. The van der Waals surface area contributed by atoms with Crippen LogP contribution in [0.1, 0.15) is 5.69 Å². The highest BCUT2D eigenvalue weighted by Crippen LogP contribution is 2.33. The van der Waals surface area contributed by atoms with Crippen molar-refractivity contribution in [2.45, 2.75) is 30.7 Å². The molecule has 4 unspecified atom stereocenters. The number of ether oxygens (including phenoxy) is 2. The Hall–Kier alpha value is -4.42. The SMILES string of the molecule is O=C(Nc1ccc(-c2cn3c(n2)sc2cc(OCCN4C(F)C(F)OC(F)C4F)ccc23)cc1)Nc1cc(C(CF)(CF)CF)no1. The molecule has 3 aromatic heterocycles. The fraction of sp³-hybridized carbons (Fsp3) is 0.345. The number of benzene rings is 2. The number of halogens is 7. The lowest BCUT2D eigenvalue weighted by atomic mass is 9.89. The molecular weight excluding hydrogens is 661 g/mol. The molecule has 6 rings (SSSR count). The maximum Gasteiger partial charge on any atom is 0.326 e. The fourth-order valence-corrected chi connectivity index (χ4v) is 5.85. The topological polar surface area (TPSA) is 106 Å². The second kappa shape index (κ2) is 13.4. The predicted molar refractivity (Wildman–Crippen MR) is 158 cm³/mol. The van der Waals surface area contributed by atoms with Gasteiger partial charge in [0.15, 0.2) is 4.96 Å². The normalized spacial score (nSPS) is 20.6. The van der Waals surface area contributed by atoms with Gasteiger partial charge in [0.2, 0.25) is 31.2 Å². The average molecular weight is 687 g/mol. The van der Waals surface area contributed by atoms with Crippen molar-refractivity contribution >= 4 is 44.1 Å². The molecule has 4 atom stereocenters. The molecular formula is C29H25F7N6O4S. The first-order valence-corrected chi connectivity index (χ1v) is 14.8. The summed E-state index contributed by atoms with van der Waals surface area (Å²) in [6.07, 6.45) is -8.30. The molecule has 0 aliphatic carbocycles. The zero-order valence-corrected chi connectivity index (χ0v) is 24.8. The summed E-state index contributed by atoms with van der Waals surface area (Å²) in [6, 6.07) is 12.2. The predicted octanol–water partition coefficient (Wildman–Crippen LogP) is 6.89. The monoisotopic (exact) mass is 686 g/mol. The van der Waals surface area contributed by atoms with Crippen molar-refractivity contribution in [3.8, 4) is 17.0 Å². The molecule has 1 aliphatic heterocycles. The lowest BCUT2D eigenvalue weighted by molar-refractivity contribution is -0.292. The van der Waals surface area contributed by atoms with E-state index in [0.717, 1.165) is 21.8 Å². The van der Waals surface area contributed by atoms with E-state index in [1.165, 1.54) is 11.3 Å². The molecule has 18 heteroatoms. The van der Waals surface area contributed by atoms with Gasteiger partial charge in [-0.3, -0.25) is 9.72 Å². The number of imidazole rings is 1. The summed E-state index contributed by atoms with van der Waals surface area (Å²) in [5.74, 6) is 0.168. The van der Waals surface area contributed by atoms with E-state index in [9.17, 15) is 35.5 Å². The number of alkyl halides is 7. The summed E-state index contributed by atoms with van der Waals surface area (Å²) in [4.78, 5) is 18.1. The van der Waals surface area contributed by atoms with Gasteiger partial charge in [-0.15, -0.1) is 0 Å². The number of fused-ring (bicyclic) bond motifs is 3. The molecule has 10 nitrogen and oxygen atoms in total. The minimum Gasteiger partial charge on any atom is -0.492 e. The van der Waals surface area contributed by atoms with Crippen LogP contribution in [-0.4, -0.2) is 84.0 Å². The fourth-order valence-electron chi connectivity index (χ4n) is 4.81. The Morgan fingerprint density at radius 3 is 2.34 bits per heavy atom. The summed E-state index contributed by atoms with van der Waals surface area (Å²) in [5.41, 5.74) is 0.225. The molecule has 47 heavy (non-hydrogen) atoms. The van der Waals surface area contributed by atoms with E-state index < -0.39 is 63.3 Å². The molecule has 4 heterocycles. The first-order valence-electron chi connectivity index (χ1n) is 14.0. The molecule has 2 amide bonds. The maximum absolute atomic E-state index is 13.9. The van der Waals surface area contributed by atoms with Gasteiger partial charge in [0.05, 0.1) is 21.6 Å². The molecule has 0 saturated carbocycles. The minimum absolute atomic E-state index is 0.219. The number of morpholine rings is 1. The highest BCUT2D eigenvalue weighted by molar-refractivity contribution is 7.23. The van der Waals surface area contributed by atoms with E-state index in [4.69, 9.17) is 9.26 Å². The van der Waals surface area contributed by atoms with Crippen LogP contribution in [0.3, 0.4) is 0 Å². The Balaban J connectivity index is 1.06. The number of anilines is 2. The first-order chi connectivity index (χ1) is 22.6. The van der Waals surface area contributed by atoms with Crippen LogP contribution in [-0.2, 0) is 10.2 Å². The van der Waals surface area contributed by atoms with Gasteiger partial charge in [-0.25, -0.2) is 45.4 Å². The Kier molecular flexibility index (Phi) is 9.25. The van der Waals surface area contributed by atoms with Crippen molar-refractivity contribution < 1.29 is 49.5 Å². The number of carbonyl (C=O) groups is 1. The van der Waals surface area contributed by atoms with E-state index in [1.54, 1.807) is 42.5 Å². The highest BCUT2D eigenvalue weighted by Gasteiger charge is 2.45. The zero-order valence-electron chi connectivity index (χ0n) is 24.0. The van der Waals surface area contributed by atoms with Crippen molar-refractivity contribution in [3.63, 3.8) is 0 Å². The average Bonchev–Trinajstić information content (AvgIpc) is 3.79. The molecule has 0 radical (unpaired) electrons. The Morgan fingerprint density at radius 2 is 1.66 bits per heavy atom. The van der Waals surface area contributed by atoms with Gasteiger partial charge in [-0.1, -0.05) is 28.6 Å². The van der Waals surface area contributed by atoms with Gasteiger partial charge in [0.1, 0.15) is 37.8 Å². The number of urea groups is 1. The quantitative estimate of drug-likeness (QED) is 0.115. The molecule has 1 aliphatic rings. The van der Waals surface area contributed by atoms with Crippen molar-refractivity contribution in [3.05, 3.63) is 60.4 Å². The van der Waals surface area contributed by atoms with Crippen LogP contribution in [0, 0.1) is 0 Å². The number of rotatable bonds is 11. The number of nitrogens with one attached hydrogen (secondary N) is 2. The van der Waals surface area contributed by atoms with E-state index in [-0.39, 0.29) is 18.2 Å². The van der Waals surface area contributed by atoms with Crippen LogP contribution < -0.4 is 15.4 Å².